The molecule has 0 radical (unpaired) electrons. The van der Waals surface area contributed by atoms with Crippen molar-refractivity contribution in [1.82, 2.24) is 14.5 Å². The maximum Gasteiger partial charge on any atom is 0.251 e. The molecule has 172 valence electrons. The molecule has 2 aromatic rings. The van der Waals surface area contributed by atoms with Gasteiger partial charge in [0.1, 0.15) is 6.04 Å². The van der Waals surface area contributed by atoms with E-state index in [0.717, 1.165) is 5.56 Å². The van der Waals surface area contributed by atoms with Gasteiger partial charge in [0.2, 0.25) is 15.9 Å². The van der Waals surface area contributed by atoms with Gasteiger partial charge in [0.05, 0.1) is 4.90 Å². The van der Waals surface area contributed by atoms with E-state index in [0.29, 0.717) is 10.6 Å². The Kier molecular flexibility index (Phi) is 7.59. The number of nitrogens with one attached hydrogen (secondary N) is 1. The van der Waals surface area contributed by atoms with E-state index in [1.54, 1.807) is 17.0 Å². The van der Waals surface area contributed by atoms with Gasteiger partial charge in [0.25, 0.3) is 5.91 Å². The number of piperazine rings is 1. The lowest BCUT2D eigenvalue weighted by atomic mass is 10.0. The molecule has 0 bridgehead atoms. The van der Waals surface area contributed by atoms with Crippen LogP contribution in [0.5, 0.6) is 0 Å². The van der Waals surface area contributed by atoms with E-state index < -0.39 is 16.1 Å². The molecule has 1 aliphatic heterocycles. The molecule has 1 N–H and O–H groups in total. The zero-order valence-corrected chi connectivity index (χ0v) is 20.0. The molecule has 0 unspecified atom stereocenters. The number of nitrogens with zero attached hydrogens (tertiary/aromatic N) is 2. The van der Waals surface area contributed by atoms with Gasteiger partial charge in [0.15, 0.2) is 0 Å². The van der Waals surface area contributed by atoms with Gasteiger partial charge in [0, 0.05) is 36.8 Å². The van der Waals surface area contributed by atoms with Crippen molar-refractivity contribution in [3.8, 4) is 0 Å². The van der Waals surface area contributed by atoms with Crippen LogP contribution in [0.4, 0.5) is 0 Å². The Labute approximate surface area is 194 Å². The van der Waals surface area contributed by atoms with Gasteiger partial charge in [-0.25, -0.2) is 8.42 Å². The zero-order valence-electron chi connectivity index (χ0n) is 18.4. The summed E-state index contributed by atoms with van der Waals surface area (Å²) in [5, 5.41) is 3.31. The number of aryl methyl sites for hydroxylation is 1. The lowest BCUT2D eigenvalue weighted by Crippen LogP contribution is -2.57. The van der Waals surface area contributed by atoms with Crippen molar-refractivity contribution in [3.05, 3.63) is 64.7 Å². The molecule has 7 nitrogen and oxygen atoms in total. The van der Waals surface area contributed by atoms with Crippen molar-refractivity contribution < 1.29 is 18.0 Å². The largest absolute Gasteiger partial charge is 0.340 e. The number of hydrogen-bond acceptors (Lipinski definition) is 4. The van der Waals surface area contributed by atoms with Crippen molar-refractivity contribution in [2.24, 2.45) is 5.92 Å². The summed E-state index contributed by atoms with van der Waals surface area (Å²) in [5.41, 5.74) is 1.54. The third kappa shape index (κ3) is 5.49. The van der Waals surface area contributed by atoms with Crippen molar-refractivity contribution in [2.45, 2.75) is 31.7 Å². The van der Waals surface area contributed by atoms with Gasteiger partial charge >= 0.3 is 0 Å². The van der Waals surface area contributed by atoms with Crippen LogP contribution in [0.15, 0.2) is 53.4 Å². The molecular formula is C23H28ClN3O4S. The Morgan fingerprint density at radius 1 is 0.938 bits per heavy atom. The van der Waals surface area contributed by atoms with E-state index in [2.05, 4.69) is 5.32 Å². The number of sulfonamides is 1. The monoisotopic (exact) mass is 477 g/mol. The van der Waals surface area contributed by atoms with E-state index in [-0.39, 0.29) is 48.8 Å². The Bertz CT molecular complexity index is 1060. The number of halogens is 1. The number of hydrogen-bond donors (Lipinski definition) is 1. The standard InChI is InChI=1S/C23H28ClN3O4S/c1-16(2)21(25-22(28)18-6-4-17(3)5-7-18)23(29)26-12-14-27(15-13-26)32(30,31)20-10-8-19(24)9-11-20/h4-11,16,21H,12-15H2,1-3H3,(H,25,28)/t21-/m0/s1. The third-order valence-corrected chi connectivity index (χ3v) is 7.70. The topological polar surface area (TPSA) is 86.8 Å². The number of amides is 2. The summed E-state index contributed by atoms with van der Waals surface area (Å²) in [6.07, 6.45) is 0. The fraction of sp³-hybridized carbons (Fsp3) is 0.391. The Morgan fingerprint density at radius 3 is 2.03 bits per heavy atom. The highest BCUT2D eigenvalue weighted by Crippen LogP contribution is 2.20. The van der Waals surface area contributed by atoms with E-state index in [4.69, 9.17) is 11.6 Å². The number of carbonyl (C=O) groups is 2. The third-order valence-electron chi connectivity index (χ3n) is 5.53. The van der Waals surface area contributed by atoms with E-state index in [1.807, 2.05) is 32.9 Å². The van der Waals surface area contributed by atoms with Gasteiger partial charge < -0.3 is 10.2 Å². The molecule has 32 heavy (non-hydrogen) atoms. The van der Waals surface area contributed by atoms with Crippen molar-refractivity contribution in [3.63, 3.8) is 0 Å². The molecule has 1 aliphatic rings. The lowest BCUT2D eigenvalue weighted by Gasteiger charge is -2.36. The molecular weight excluding hydrogens is 450 g/mol. The number of benzene rings is 2. The highest BCUT2D eigenvalue weighted by atomic mass is 35.5. The van der Waals surface area contributed by atoms with Crippen LogP contribution >= 0.6 is 11.6 Å². The average Bonchev–Trinajstić information content (AvgIpc) is 2.77. The van der Waals surface area contributed by atoms with Crippen LogP contribution in [-0.2, 0) is 14.8 Å². The second-order valence-electron chi connectivity index (χ2n) is 8.24. The SMILES string of the molecule is Cc1ccc(C(=O)N[C@H](C(=O)N2CCN(S(=O)(=O)c3ccc(Cl)cc3)CC2)C(C)C)cc1. The van der Waals surface area contributed by atoms with Crippen LogP contribution in [0.3, 0.4) is 0 Å². The van der Waals surface area contributed by atoms with Crippen LogP contribution in [0.2, 0.25) is 5.02 Å². The summed E-state index contributed by atoms with van der Waals surface area (Å²) in [5.74, 6) is -0.627. The van der Waals surface area contributed by atoms with Crippen molar-refractivity contribution in [2.75, 3.05) is 26.2 Å². The second kappa shape index (κ2) is 10.0. The summed E-state index contributed by atoms with van der Waals surface area (Å²) >= 11 is 5.86. The first kappa shape index (κ1) is 24.2. The molecule has 0 aromatic heterocycles. The summed E-state index contributed by atoms with van der Waals surface area (Å²) in [6, 6.07) is 12.5. The summed E-state index contributed by atoms with van der Waals surface area (Å²) in [7, 11) is -3.66. The van der Waals surface area contributed by atoms with E-state index in [9.17, 15) is 18.0 Å². The summed E-state index contributed by atoms with van der Waals surface area (Å²) in [6.45, 7) is 6.58. The second-order valence-corrected chi connectivity index (χ2v) is 10.6. The van der Waals surface area contributed by atoms with Crippen LogP contribution in [0.1, 0.15) is 29.8 Å². The van der Waals surface area contributed by atoms with E-state index in [1.165, 1.54) is 28.6 Å². The highest BCUT2D eigenvalue weighted by Gasteiger charge is 2.34. The van der Waals surface area contributed by atoms with Gasteiger partial charge in [-0.2, -0.15) is 4.31 Å². The molecule has 1 heterocycles. The van der Waals surface area contributed by atoms with Crippen molar-refractivity contribution >= 4 is 33.4 Å². The molecule has 2 amide bonds. The fourth-order valence-corrected chi connectivity index (χ4v) is 5.09. The molecule has 0 saturated carbocycles. The Hall–Kier alpha value is -2.42. The number of rotatable bonds is 6. The predicted molar refractivity (Wildman–Crippen MR) is 124 cm³/mol. The molecule has 3 rings (SSSR count). The molecule has 2 aromatic carbocycles. The lowest BCUT2D eigenvalue weighted by molar-refractivity contribution is -0.135. The summed E-state index contributed by atoms with van der Waals surface area (Å²) in [4.78, 5) is 27.6. The normalized spacial score (nSPS) is 16.1. The van der Waals surface area contributed by atoms with Crippen LogP contribution in [-0.4, -0.2) is 61.7 Å². The molecule has 0 aliphatic carbocycles. The zero-order chi connectivity index (χ0) is 23.5. The Balaban J connectivity index is 1.65. The minimum absolute atomic E-state index is 0.118. The molecule has 0 spiro atoms. The van der Waals surface area contributed by atoms with Crippen molar-refractivity contribution in [1.29, 1.82) is 0 Å². The molecule has 1 atom stereocenters. The smallest absolute Gasteiger partial charge is 0.251 e. The first-order valence-corrected chi connectivity index (χ1v) is 12.3. The predicted octanol–water partition coefficient (Wildman–Crippen LogP) is 2.94. The summed E-state index contributed by atoms with van der Waals surface area (Å²) < 4.78 is 27.1. The molecule has 1 fully saturated rings. The van der Waals surface area contributed by atoms with Crippen LogP contribution < -0.4 is 5.32 Å². The van der Waals surface area contributed by atoms with Gasteiger partial charge in [-0.3, -0.25) is 9.59 Å². The average molecular weight is 478 g/mol. The van der Waals surface area contributed by atoms with Crippen LogP contribution in [0, 0.1) is 12.8 Å². The van der Waals surface area contributed by atoms with Gasteiger partial charge in [-0.05, 0) is 49.2 Å². The van der Waals surface area contributed by atoms with Gasteiger partial charge in [-0.15, -0.1) is 0 Å². The molecule has 9 heteroatoms. The van der Waals surface area contributed by atoms with E-state index >= 15 is 0 Å². The molecule has 1 saturated heterocycles. The quantitative estimate of drug-likeness (QED) is 0.693. The van der Waals surface area contributed by atoms with Crippen LogP contribution in [0.25, 0.3) is 0 Å². The minimum Gasteiger partial charge on any atom is -0.340 e. The minimum atomic E-state index is -3.66. The number of carbonyl (C=O) groups excluding carboxylic acids is 2. The first-order chi connectivity index (χ1) is 15.1. The maximum absolute atomic E-state index is 13.2. The first-order valence-electron chi connectivity index (χ1n) is 10.5. The maximum atomic E-state index is 13.2. The highest BCUT2D eigenvalue weighted by molar-refractivity contribution is 7.89. The van der Waals surface area contributed by atoms with Gasteiger partial charge in [-0.1, -0.05) is 43.1 Å². The Morgan fingerprint density at radius 2 is 1.50 bits per heavy atom. The fourth-order valence-electron chi connectivity index (χ4n) is 3.54.